The van der Waals surface area contributed by atoms with Gasteiger partial charge in [0, 0.05) is 19.0 Å². The fourth-order valence-corrected chi connectivity index (χ4v) is 2.77. The van der Waals surface area contributed by atoms with Crippen LogP contribution in [0.4, 0.5) is 0 Å². The van der Waals surface area contributed by atoms with Gasteiger partial charge in [0.15, 0.2) is 0 Å². The molecule has 1 aliphatic rings. The third-order valence-electron chi connectivity index (χ3n) is 3.90. The number of ketones is 1. The quantitative estimate of drug-likeness (QED) is 0.720. The van der Waals surface area contributed by atoms with E-state index < -0.39 is 0 Å². The van der Waals surface area contributed by atoms with Gasteiger partial charge in [-0.1, -0.05) is 19.8 Å². The highest BCUT2D eigenvalue weighted by molar-refractivity contribution is 5.81. The minimum absolute atomic E-state index is 0.101. The number of carbonyl (C=O) groups excluding carboxylic acids is 2. The van der Waals surface area contributed by atoms with Gasteiger partial charge < -0.3 is 5.32 Å². The minimum Gasteiger partial charge on any atom is -0.355 e. The fourth-order valence-electron chi connectivity index (χ4n) is 2.77. The molecule has 1 rings (SSSR count). The van der Waals surface area contributed by atoms with Crippen LogP contribution in [0.3, 0.4) is 0 Å². The molecule has 2 atom stereocenters. The fraction of sp³-hybridized carbons (Fsp3) is 0.867. The summed E-state index contributed by atoms with van der Waals surface area (Å²) in [5, 5.41) is 2.99. The summed E-state index contributed by atoms with van der Waals surface area (Å²) >= 11 is 0. The highest BCUT2D eigenvalue weighted by Gasteiger charge is 2.30. The Balaban J connectivity index is 2.53. The Labute approximate surface area is 116 Å². The van der Waals surface area contributed by atoms with Crippen LogP contribution < -0.4 is 5.32 Å². The van der Waals surface area contributed by atoms with Gasteiger partial charge in [0.05, 0.1) is 6.04 Å². The van der Waals surface area contributed by atoms with Gasteiger partial charge in [0.2, 0.25) is 5.91 Å². The van der Waals surface area contributed by atoms with E-state index in [0.717, 1.165) is 38.8 Å². The van der Waals surface area contributed by atoms with Crippen molar-refractivity contribution in [2.45, 2.75) is 71.4 Å². The molecular formula is C15H28N2O2. The Hall–Kier alpha value is -0.900. The number of hydrogen-bond donors (Lipinski definition) is 1. The molecule has 1 heterocycles. The van der Waals surface area contributed by atoms with Crippen LogP contribution in [-0.2, 0) is 9.59 Å². The van der Waals surface area contributed by atoms with Crippen molar-refractivity contribution in [1.82, 2.24) is 10.2 Å². The Morgan fingerprint density at radius 3 is 2.74 bits per heavy atom. The molecule has 4 heteroatoms. The average molecular weight is 268 g/mol. The number of carbonyl (C=O) groups is 2. The van der Waals surface area contributed by atoms with E-state index in [1.165, 1.54) is 6.42 Å². The lowest BCUT2D eigenvalue weighted by atomic mass is 9.96. The van der Waals surface area contributed by atoms with Crippen LogP contribution >= 0.6 is 0 Å². The maximum atomic E-state index is 12.1. The van der Waals surface area contributed by atoms with E-state index >= 15 is 0 Å². The second-order valence-corrected chi connectivity index (χ2v) is 5.61. The molecule has 0 aromatic rings. The maximum Gasteiger partial charge on any atom is 0.237 e. The monoisotopic (exact) mass is 268 g/mol. The predicted octanol–water partition coefficient (Wildman–Crippen LogP) is 2.12. The molecule has 110 valence electrons. The lowest BCUT2D eigenvalue weighted by molar-refractivity contribution is -0.129. The molecule has 1 saturated heterocycles. The molecule has 0 bridgehead atoms. The highest BCUT2D eigenvalue weighted by atomic mass is 16.2. The molecule has 0 aromatic carbocycles. The molecular weight excluding hydrogens is 240 g/mol. The second kappa shape index (κ2) is 8.31. The van der Waals surface area contributed by atoms with E-state index in [0.29, 0.717) is 6.42 Å². The summed E-state index contributed by atoms with van der Waals surface area (Å²) in [6.07, 6.45) is 6.01. The first-order valence-corrected chi connectivity index (χ1v) is 7.59. The summed E-state index contributed by atoms with van der Waals surface area (Å²) in [6.45, 7) is 7.40. The van der Waals surface area contributed by atoms with Gasteiger partial charge in [-0.05, 0) is 39.7 Å². The van der Waals surface area contributed by atoms with Crippen molar-refractivity contribution in [3.8, 4) is 0 Å². The molecule has 1 aliphatic heterocycles. The van der Waals surface area contributed by atoms with E-state index in [2.05, 4.69) is 17.1 Å². The van der Waals surface area contributed by atoms with E-state index in [4.69, 9.17) is 0 Å². The highest BCUT2D eigenvalue weighted by Crippen LogP contribution is 2.22. The van der Waals surface area contributed by atoms with Crippen LogP contribution in [0.5, 0.6) is 0 Å². The second-order valence-electron chi connectivity index (χ2n) is 5.61. The minimum atomic E-state index is -0.124. The van der Waals surface area contributed by atoms with E-state index in [9.17, 15) is 9.59 Å². The first-order chi connectivity index (χ1) is 9.06. The maximum absolute atomic E-state index is 12.1. The molecule has 1 amide bonds. The lowest BCUT2D eigenvalue weighted by Gasteiger charge is -2.38. The van der Waals surface area contributed by atoms with Gasteiger partial charge in [-0.15, -0.1) is 0 Å². The van der Waals surface area contributed by atoms with Crippen molar-refractivity contribution in [2.75, 3.05) is 13.1 Å². The summed E-state index contributed by atoms with van der Waals surface area (Å²) in [6, 6.07) is 0.125. The van der Waals surface area contributed by atoms with Gasteiger partial charge in [0.25, 0.3) is 0 Å². The molecule has 1 N–H and O–H groups in total. The summed E-state index contributed by atoms with van der Waals surface area (Å²) in [4.78, 5) is 25.7. The first-order valence-electron chi connectivity index (χ1n) is 7.59. The Bertz CT molecular complexity index is 305. The number of hydrogen-bond acceptors (Lipinski definition) is 3. The third kappa shape index (κ3) is 5.31. The molecule has 0 radical (unpaired) electrons. The molecule has 2 unspecified atom stereocenters. The largest absolute Gasteiger partial charge is 0.355 e. The van der Waals surface area contributed by atoms with Crippen LogP contribution in [-0.4, -0.2) is 41.8 Å². The van der Waals surface area contributed by atoms with Crippen molar-refractivity contribution in [3.05, 3.63) is 0 Å². The van der Waals surface area contributed by atoms with Gasteiger partial charge in [-0.2, -0.15) is 0 Å². The molecule has 0 spiro atoms. The van der Waals surface area contributed by atoms with Gasteiger partial charge in [-0.25, -0.2) is 0 Å². The van der Waals surface area contributed by atoms with Crippen molar-refractivity contribution in [3.63, 3.8) is 0 Å². The van der Waals surface area contributed by atoms with Crippen LogP contribution in [0, 0.1) is 0 Å². The Morgan fingerprint density at radius 2 is 2.11 bits per heavy atom. The number of amides is 1. The van der Waals surface area contributed by atoms with E-state index in [-0.39, 0.29) is 23.8 Å². The summed E-state index contributed by atoms with van der Waals surface area (Å²) in [7, 11) is 0. The van der Waals surface area contributed by atoms with Crippen LogP contribution in [0.25, 0.3) is 0 Å². The van der Waals surface area contributed by atoms with Gasteiger partial charge in [0.1, 0.15) is 5.78 Å². The molecule has 0 aliphatic carbocycles. The Morgan fingerprint density at radius 1 is 1.37 bits per heavy atom. The van der Waals surface area contributed by atoms with Gasteiger partial charge >= 0.3 is 0 Å². The molecule has 0 saturated carbocycles. The van der Waals surface area contributed by atoms with Crippen LogP contribution in [0.1, 0.15) is 59.3 Å². The number of likely N-dealkylation sites (tertiary alicyclic amines) is 1. The Kier molecular flexibility index (Phi) is 7.06. The zero-order chi connectivity index (χ0) is 14.3. The van der Waals surface area contributed by atoms with Crippen LogP contribution in [0.15, 0.2) is 0 Å². The molecule has 1 fully saturated rings. The summed E-state index contributed by atoms with van der Waals surface area (Å²) in [5.74, 6) is 0.319. The normalized spacial score (nSPS) is 21.9. The van der Waals surface area contributed by atoms with Crippen molar-refractivity contribution in [2.24, 2.45) is 0 Å². The topological polar surface area (TPSA) is 49.4 Å². The number of nitrogens with one attached hydrogen (secondary N) is 1. The smallest absolute Gasteiger partial charge is 0.237 e. The van der Waals surface area contributed by atoms with Gasteiger partial charge in [-0.3, -0.25) is 14.5 Å². The molecule has 19 heavy (non-hydrogen) atoms. The number of unbranched alkanes of at least 4 members (excludes halogenated alkanes) is 1. The van der Waals surface area contributed by atoms with Crippen LogP contribution in [0.2, 0.25) is 0 Å². The number of Topliss-reactive ketones (excluding diaryl/α,β-unsaturated/α-hetero) is 1. The predicted molar refractivity (Wildman–Crippen MR) is 77.0 cm³/mol. The number of nitrogens with zero attached hydrogens (tertiary/aromatic N) is 1. The summed E-state index contributed by atoms with van der Waals surface area (Å²) in [5.41, 5.74) is 0. The van der Waals surface area contributed by atoms with Crippen molar-refractivity contribution in [1.29, 1.82) is 0 Å². The standard InChI is InChI=1S/C15H28N2O2/c1-4-5-9-16-15(19)13(3)17-10-7-6-8-14(17)11-12(2)18/h13-14H,4-11H2,1-3H3,(H,16,19). The zero-order valence-electron chi connectivity index (χ0n) is 12.6. The zero-order valence-corrected chi connectivity index (χ0v) is 12.6. The van der Waals surface area contributed by atoms with Crippen molar-refractivity contribution < 1.29 is 9.59 Å². The van der Waals surface area contributed by atoms with E-state index in [1.54, 1.807) is 6.92 Å². The first kappa shape index (κ1) is 16.2. The number of piperidine rings is 1. The lowest BCUT2D eigenvalue weighted by Crippen LogP contribution is -2.52. The van der Waals surface area contributed by atoms with Crippen molar-refractivity contribution >= 4 is 11.7 Å². The third-order valence-corrected chi connectivity index (χ3v) is 3.90. The van der Waals surface area contributed by atoms with E-state index in [1.807, 2.05) is 6.92 Å². The SMILES string of the molecule is CCCCNC(=O)C(C)N1CCCCC1CC(C)=O. The molecule has 4 nitrogen and oxygen atoms in total. The molecule has 0 aromatic heterocycles. The average Bonchev–Trinajstić information content (AvgIpc) is 2.38. The summed E-state index contributed by atoms with van der Waals surface area (Å²) < 4.78 is 0. The number of rotatable bonds is 7.